The van der Waals surface area contributed by atoms with E-state index in [1.54, 1.807) is 12.1 Å². The van der Waals surface area contributed by atoms with Crippen molar-refractivity contribution < 1.29 is 14.3 Å². The van der Waals surface area contributed by atoms with E-state index in [4.69, 9.17) is 4.74 Å². The van der Waals surface area contributed by atoms with Crippen LogP contribution in [-0.2, 0) is 4.79 Å². The van der Waals surface area contributed by atoms with E-state index in [-0.39, 0.29) is 17.9 Å². The molecule has 0 aliphatic carbocycles. The molecule has 1 heterocycles. The Morgan fingerprint density at radius 3 is 2.29 bits per heavy atom. The fraction of sp³-hybridized carbons (Fsp3) is 0.556. The molecule has 1 N–H and O–H groups in total. The van der Waals surface area contributed by atoms with Crippen LogP contribution in [0.1, 0.15) is 31.1 Å². The van der Waals surface area contributed by atoms with Gasteiger partial charge in [0.15, 0.2) is 0 Å². The van der Waals surface area contributed by atoms with E-state index in [1.165, 1.54) is 0 Å². The third-order valence-corrected chi connectivity index (χ3v) is 3.89. The van der Waals surface area contributed by atoms with Crippen LogP contribution in [0.5, 0.6) is 5.75 Å². The first-order chi connectivity index (χ1) is 11.5. The zero-order valence-corrected chi connectivity index (χ0v) is 14.7. The number of hydrogen-bond donors (Lipinski definition) is 1. The van der Waals surface area contributed by atoms with Crippen molar-refractivity contribution in [2.45, 2.75) is 26.8 Å². The number of nitrogens with one attached hydrogen (secondary N) is 1. The minimum absolute atomic E-state index is 0.0318. The SMILES string of the molecule is CCOc1ccc(C(=O)N2CCN(CC(=O)NC(C)C)CC2)cc1. The Morgan fingerprint density at radius 1 is 1.12 bits per heavy atom. The van der Waals surface area contributed by atoms with Gasteiger partial charge in [-0.15, -0.1) is 0 Å². The molecule has 0 spiro atoms. The van der Waals surface area contributed by atoms with Gasteiger partial charge in [-0.1, -0.05) is 0 Å². The van der Waals surface area contributed by atoms with E-state index >= 15 is 0 Å². The maximum atomic E-state index is 12.5. The van der Waals surface area contributed by atoms with Crippen LogP contribution in [0.3, 0.4) is 0 Å². The molecule has 2 amide bonds. The first-order valence-corrected chi connectivity index (χ1v) is 8.53. The van der Waals surface area contributed by atoms with Crippen molar-refractivity contribution in [2.24, 2.45) is 0 Å². The monoisotopic (exact) mass is 333 g/mol. The van der Waals surface area contributed by atoms with E-state index in [9.17, 15) is 9.59 Å². The van der Waals surface area contributed by atoms with Gasteiger partial charge in [-0.3, -0.25) is 14.5 Å². The quantitative estimate of drug-likeness (QED) is 0.854. The number of nitrogens with zero attached hydrogens (tertiary/aromatic N) is 2. The summed E-state index contributed by atoms with van der Waals surface area (Å²) in [6, 6.07) is 7.40. The van der Waals surface area contributed by atoms with Crippen molar-refractivity contribution in [1.29, 1.82) is 0 Å². The molecule has 1 saturated heterocycles. The molecule has 0 atom stereocenters. The van der Waals surface area contributed by atoms with Crippen molar-refractivity contribution in [1.82, 2.24) is 15.1 Å². The Bertz CT molecular complexity index is 549. The molecular formula is C18H27N3O3. The van der Waals surface area contributed by atoms with Crippen molar-refractivity contribution in [3.8, 4) is 5.75 Å². The lowest BCUT2D eigenvalue weighted by Gasteiger charge is -2.34. The molecule has 1 aliphatic rings. The maximum Gasteiger partial charge on any atom is 0.253 e. The molecular weight excluding hydrogens is 306 g/mol. The maximum absolute atomic E-state index is 12.5. The first-order valence-electron chi connectivity index (χ1n) is 8.53. The molecule has 1 aromatic rings. The topological polar surface area (TPSA) is 61.9 Å². The number of ether oxygens (including phenoxy) is 1. The van der Waals surface area contributed by atoms with Gasteiger partial charge in [0.05, 0.1) is 13.2 Å². The van der Waals surface area contributed by atoms with Crippen molar-refractivity contribution in [3.63, 3.8) is 0 Å². The van der Waals surface area contributed by atoms with Gasteiger partial charge >= 0.3 is 0 Å². The van der Waals surface area contributed by atoms with Crippen molar-refractivity contribution >= 4 is 11.8 Å². The lowest BCUT2D eigenvalue weighted by atomic mass is 10.1. The number of piperazine rings is 1. The minimum atomic E-state index is 0.0318. The summed E-state index contributed by atoms with van der Waals surface area (Å²) in [5.74, 6) is 0.843. The lowest BCUT2D eigenvalue weighted by molar-refractivity contribution is -0.123. The summed E-state index contributed by atoms with van der Waals surface area (Å²) in [6.45, 7) is 9.55. The molecule has 1 aliphatic heterocycles. The number of carbonyl (C=O) groups is 2. The van der Waals surface area contributed by atoms with Crippen LogP contribution in [0.15, 0.2) is 24.3 Å². The molecule has 6 heteroatoms. The predicted octanol–water partition coefficient (Wildman–Crippen LogP) is 1.37. The molecule has 6 nitrogen and oxygen atoms in total. The van der Waals surface area contributed by atoms with Crippen LogP contribution in [-0.4, -0.2) is 67.0 Å². The van der Waals surface area contributed by atoms with Crippen molar-refractivity contribution in [3.05, 3.63) is 29.8 Å². The highest BCUT2D eigenvalue weighted by molar-refractivity contribution is 5.94. The van der Waals surface area contributed by atoms with Gasteiger partial charge in [-0.25, -0.2) is 0 Å². The van der Waals surface area contributed by atoms with Crippen LogP contribution in [0.2, 0.25) is 0 Å². The normalized spacial score (nSPS) is 15.4. The molecule has 0 bridgehead atoms. The summed E-state index contributed by atoms with van der Waals surface area (Å²) in [7, 11) is 0. The molecule has 0 saturated carbocycles. The van der Waals surface area contributed by atoms with Crippen molar-refractivity contribution in [2.75, 3.05) is 39.3 Å². The number of carbonyl (C=O) groups excluding carboxylic acids is 2. The van der Waals surface area contributed by atoms with Crippen LogP contribution in [0.25, 0.3) is 0 Å². The Hall–Kier alpha value is -2.08. The summed E-state index contributed by atoms with van der Waals surface area (Å²) in [4.78, 5) is 28.3. The number of amides is 2. The standard InChI is InChI=1S/C18H27N3O3/c1-4-24-16-7-5-15(6-8-16)18(23)21-11-9-20(10-12-21)13-17(22)19-14(2)3/h5-8,14H,4,9-13H2,1-3H3,(H,19,22). The molecule has 0 aromatic heterocycles. The third-order valence-electron chi connectivity index (χ3n) is 3.89. The van der Waals surface area contributed by atoms with E-state index in [2.05, 4.69) is 10.2 Å². The largest absolute Gasteiger partial charge is 0.494 e. The van der Waals surface area contributed by atoms with Gasteiger partial charge in [0, 0.05) is 37.8 Å². The lowest BCUT2D eigenvalue weighted by Crippen LogP contribution is -2.51. The van der Waals surface area contributed by atoms with Crippen LogP contribution in [0, 0.1) is 0 Å². The van der Waals surface area contributed by atoms with Gasteiger partial charge in [-0.2, -0.15) is 0 Å². The molecule has 0 unspecified atom stereocenters. The van der Waals surface area contributed by atoms with E-state index in [0.717, 1.165) is 5.75 Å². The van der Waals surface area contributed by atoms with Gasteiger partial charge in [0.1, 0.15) is 5.75 Å². The Balaban J connectivity index is 1.83. The average Bonchev–Trinajstić information content (AvgIpc) is 2.55. The van der Waals surface area contributed by atoms with Crippen LogP contribution >= 0.6 is 0 Å². The summed E-state index contributed by atoms with van der Waals surface area (Å²) in [5.41, 5.74) is 0.671. The van der Waals surface area contributed by atoms with Gasteiger partial charge < -0.3 is 15.0 Å². The molecule has 0 radical (unpaired) electrons. The second-order valence-electron chi connectivity index (χ2n) is 6.25. The zero-order valence-electron chi connectivity index (χ0n) is 14.7. The number of benzene rings is 1. The Kier molecular flexibility index (Phi) is 6.61. The van der Waals surface area contributed by atoms with E-state index in [1.807, 2.05) is 37.8 Å². The molecule has 1 fully saturated rings. The Labute approximate surface area is 143 Å². The fourth-order valence-corrected chi connectivity index (χ4v) is 2.72. The van der Waals surface area contributed by atoms with Crippen LogP contribution < -0.4 is 10.1 Å². The zero-order chi connectivity index (χ0) is 17.5. The fourth-order valence-electron chi connectivity index (χ4n) is 2.72. The van der Waals surface area contributed by atoms with Gasteiger partial charge in [0.2, 0.25) is 5.91 Å². The predicted molar refractivity (Wildman–Crippen MR) is 93.2 cm³/mol. The average molecular weight is 333 g/mol. The second-order valence-corrected chi connectivity index (χ2v) is 6.25. The van der Waals surface area contributed by atoms with Crippen LogP contribution in [0.4, 0.5) is 0 Å². The summed E-state index contributed by atoms with van der Waals surface area (Å²) < 4.78 is 5.40. The van der Waals surface area contributed by atoms with Gasteiger partial charge in [0.25, 0.3) is 5.91 Å². The molecule has 24 heavy (non-hydrogen) atoms. The van der Waals surface area contributed by atoms with Gasteiger partial charge in [-0.05, 0) is 45.0 Å². The molecule has 1 aromatic carbocycles. The summed E-state index contributed by atoms with van der Waals surface area (Å²) >= 11 is 0. The van der Waals surface area contributed by atoms with E-state index in [0.29, 0.717) is 44.9 Å². The smallest absolute Gasteiger partial charge is 0.253 e. The highest BCUT2D eigenvalue weighted by Crippen LogP contribution is 2.14. The minimum Gasteiger partial charge on any atom is -0.494 e. The Morgan fingerprint density at radius 2 is 1.75 bits per heavy atom. The highest BCUT2D eigenvalue weighted by Gasteiger charge is 2.23. The number of rotatable bonds is 6. The molecule has 2 rings (SSSR count). The third kappa shape index (κ3) is 5.23. The number of hydrogen-bond acceptors (Lipinski definition) is 4. The first kappa shape index (κ1) is 18.3. The summed E-state index contributed by atoms with van der Waals surface area (Å²) in [6.07, 6.45) is 0. The highest BCUT2D eigenvalue weighted by atomic mass is 16.5. The summed E-state index contributed by atoms with van der Waals surface area (Å²) in [5, 5.41) is 2.89. The molecule has 132 valence electrons. The van der Waals surface area contributed by atoms with E-state index < -0.39 is 0 Å². The second kappa shape index (κ2) is 8.68.